The van der Waals surface area contributed by atoms with E-state index in [9.17, 15) is 18.0 Å². The average Bonchev–Trinajstić information content (AvgIpc) is 3.30. The molecule has 1 aliphatic heterocycles. The van der Waals surface area contributed by atoms with E-state index in [1.54, 1.807) is 6.07 Å². The summed E-state index contributed by atoms with van der Waals surface area (Å²) < 4.78 is 43.2. The molecule has 4 aromatic rings. The van der Waals surface area contributed by atoms with Gasteiger partial charge >= 0.3 is 6.18 Å². The summed E-state index contributed by atoms with van der Waals surface area (Å²) in [5.41, 5.74) is 3.99. The Morgan fingerprint density at radius 1 is 0.923 bits per heavy atom. The molecule has 204 valence electrons. The molecule has 7 heteroatoms. The van der Waals surface area contributed by atoms with Crippen LogP contribution in [0.25, 0.3) is 10.9 Å². The number of carbonyl (C=O) groups is 1. The lowest BCUT2D eigenvalue weighted by Crippen LogP contribution is -2.48. The molecule has 1 aromatic heterocycles. The number of aryl methyl sites for hydroxylation is 1. The van der Waals surface area contributed by atoms with E-state index in [1.165, 1.54) is 17.7 Å². The minimum absolute atomic E-state index is 0.0245. The minimum Gasteiger partial charge on any atom is -0.343 e. The molecule has 1 amide bonds. The van der Waals surface area contributed by atoms with Gasteiger partial charge in [-0.15, -0.1) is 0 Å². The summed E-state index contributed by atoms with van der Waals surface area (Å²) in [5, 5.41) is 0.954. The van der Waals surface area contributed by atoms with Crippen molar-refractivity contribution in [3.8, 4) is 0 Å². The predicted octanol–water partition coefficient (Wildman–Crippen LogP) is 6.70. The fourth-order valence-corrected chi connectivity index (χ4v) is 5.53. The molecule has 0 bridgehead atoms. The van der Waals surface area contributed by atoms with Crippen molar-refractivity contribution in [3.05, 3.63) is 107 Å². The fourth-order valence-electron chi connectivity index (χ4n) is 5.53. The van der Waals surface area contributed by atoms with Crippen LogP contribution in [0.5, 0.6) is 0 Å². The second-order valence-electron chi connectivity index (χ2n) is 10.4. The van der Waals surface area contributed by atoms with Gasteiger partial charge in [0.1, 0.15) is 0 Å². The molecule has 0 unspecified atom stereocenters. The van der Waals surface area contributed by atoms with Gasteiger partial charge in [-0.25, -0.2) is 0 Å². The van der Waals surface area contributed by atoms with Crippen LogP contribution in [0, 0.1) is 6.92 Å². The molecule has 3 aromatic carbocycles. The molecule has 4 nitrogen and oxygen atoms in total. The first-order chi connectivity index (χ1) is 18.7. The molecule has 39 heavy (non-hydrogen) atoms. The number of rotatable bonds is 7. The summed E-state index contributed by atoms with van der Waals surface area (Å²) in [6, 6.07) is 21.7. The highest BCUT2D eigenvalue weighted by atomic mass is 19.4. The summed E-state index contributed by atoms with van der Waals surface area (Å²) >= 11 is 0. The third-order valence-electron chi connectivity index (χ3n) is 7.84. The second-order valence-corrected chi connectivity index (χ2v) is 10.4. The van der Waals surface area contributed by atoms with Crippen LogP contribution < -0.4 is 0 Å². The van der Waals surface area contributed by atoms with Crippen molar-refractivity contribution in [2.75, 3.05) is 32.7 Å². The van der Waals surface area contributed by atoms with Crippen LogP contribution in [0.4, 0.5) is 13.2 Å². The van der Waals surface area contributed by atoms with Crippen LogP contribution >= 0.6 is 0 Å². The Morgan fingerprint density at radius 2 is 1.64 bits per heavy atom. The van der Waals surface area contributed by atoms with E-state index in [0.717, 1.165) is 47.7 Å². The molecular weight excluding hydrogens is 499 g/mol. The Bertz CT molecular complexity index is 1430. The SMILES string of the molecule is CCN1CCN(C(=O)C[C@@H](c2cccc(C(F)(F)F)c2)c2cn(Cc3ccc(C)cc3)c3ccccc23)CC1. The van der Waals surface area contributed by atoms with Crippen molar-refractivity contribution >= 4 is 16.8 Å². The van der Waals surface area contributed by atoms with Gasteiger partial charge < -0.3 is 14.4 Å². The molecule has 0 radical (unpaired) electrons. The van der Waals surface area contributed by atoms with E-state index in [0.29, 0.717) is 25.2 Å². The molecule has 0 spiro atoms. The van der Waals surface area contributed by atoms with Gasteiger partial charge in [0.15, 0.2) is 0 Å². The number of benzene rings is 3. The Balaban J connectivity index is 1.55. The lowest BCUT2D eigenvalue weighted by molar-refractivity contribution is -0.137. The first kappa shape index (κ1) is 27.0. The fraction of sp³-hybridized carbons (Fsp3) is 0.344. The summed E-state index contributed by atoms with van der Waals surface area (Å²) in [7, 11) is 0. The number of hydrogen-bond acceptors (Lipinski definition) is 2. The Morgan fingerprint density at radius 3 is 2.33 bits per heavy atom. The number of amides is 1. The highest BCUT2D eigenvalue weighted by Crippen LogP contribution is 2.38. The number of likely N-dealkylation sites (N-methyl/N-ethyl adjacent to an activating group) is 1. The third kappa shape index (κ3) is 6.04. The molecule has 1 saturated heterocycles. The van der Waals surface area contributed by atoms with E-state index in [-0.39, 0.29) is 12.3 Å². The van der Waals surface area contributed by atoms with Gasteiger partial charge in [0, 0.05) is 62.2 Å². The number of halogens is 3. The third-order valence-corrected chi connectivity index (χ3v) is 7.84. The molecular formula is C32H34F3N3O. The Hall–Kier alpha value is -3.58. The molecule has 2 heterocycles. The van der Waals surface area contributed by atoms with Crippen LogP contribution in [-0.2, 0) is 17.5 Å². The normalized spacial score (nSPS) is 15.6. The van der Waals surface area contributed by atoms with Crippen LogP contribution in [0.2, 0.25) is 0 Å². The largest absolute Gasteiger partial charge is 0.416 e. The molecule has 0 saturated carbocycles. The molecule has 0 N–H and O–H groups in total. The van der Waals surface area contributed by atoms with Crippen molar-refractivity contribution in [1.29, 1.82) is 0 Å². The highest BCUT2D eigenvalue weighted by Gasteiger charge is 2.33. The summed E-state index contributed by atoms with van der Waals surface area (Å²) in [6.45, 7) is 8.62. The predicted molar refractivity (Wildman–Crippen MR) is 149 cm³/mol. The molecule has 5 rings (SSSR count). The van der Waals surface area contributed by atoms with Crippen molar-refractivity contribution in [3.63, 3.8) is 0 Å². The van der Waals surface area contributed by atoms with Gasteiger partial charge in [0.2, 0.25) is 5.91 Å². The van der Waals surface area contributed by atoms with Gasteiger partial charge in [-0.05, 0) is 42.3 Å². The molecule has 1 fully saturated rings. The number of nitrogens with zero attached hydrogens (tertiary/aromatic N) is 3. The first-order valence-corrected chi connectivity index (χ1v) is 13.5. The lowest BCUT2D eigenvalue weighted by Gasteiger charge is -2.35. The van der Waals surface area contributed by atoms with E-state index >= 15 is 0 Å². The van der Waals surface area contributed by atoms with Gasteiger partial charge in [0.25, 0.3) is 0 Å². The van der Waals surface area contributed by atoms with Crippen molar-refractivity contribution < 1.29 is 18.0 Å². The number of aromatic nitrogens is 1. The number of hydrogen-bond donors (Lipinski definition) is 0. The zero-order chi connectivity index (χ0) is 27.6. The second kappa shape index (κ2) is 11.3. The maximum absolute atomic E-state index is 13.7. The average molecular weight is 534 g/mol. The standard InChI is InChI=1S/C32H34F3N3O/c1-3-36-15-17-37(18-16-36)31(39)20-28(25-7-6-8-26(19-25)32(33,34)35)29-22-38(30-10-5-4-9-27(29)30)21-24-13-11-23(2)12-14-24/h4-14,19,22,28H,3,15-18,20-21H2,1-2H3/t28-/m0/s1. The first-order valence-electron chi connectivity index (χ1n) is 13.5. The lowest BCUT2D eigenvalue weighted by atomic mass is 9.87. The Labute approximate surface area is 227 Å². The van der Waals surface area contributed by atoms with Gasteiger partial charge in [-0.1, -0.05) is 73.2 Å². The summed E-state index contributed by atoms with van der Waals surface area (Å²) in [6.07, 6.45) is -2.32. The Kier molecular flexibility index (Phi) is 7.80. The number of carbonyl (C=O) groups excluding carboxylic acids is 1. The monoisotopic (exact) mass is 533 g/mol. The maximum atomic E-state index is 13.7. The van der Waals surface area contributed by atoms with E-state index in [2.05, 4.69) is 40.7 Å². The van der Waals surface area contributed by atoms with E-state index in [1.807, 2.05) is 42.3 Å². The van der Waals surface area contributed by atoms with Crippen LogP contribution in [0.3, 0.4) is 0 Å². The van der Waals surface area contributed by atoms with Crippen molar-refractivity contribution in [1.82, 2.24) is 14.4 Å². The van der Waals surface area contributed by atoms with Crippen molar-refractivity contribution in [2.24, 2.45) is 0 Å². The zero-order valence-electron chi connectivity index (χ0n) is 22.4. The van der Waals surface area contributed by atoms with Gasteiger partial charge in [-0.2, -0.15) is 13.2 Å². The molecule has 0 aliphatic carbocycles. The number of piperazine rings is 1. The number of para-hydroxylation sites is 1. The van der Waals surface area contributed by atoms with Crippen LogP contribution in [0.1, 0.15) is 47.1 Å². The molecule has 1 atom stereocenters. The van der Waals surface area contributed by atoms with Crippen LogP contribution in [-0.4, -0.2) is 53.0 Å². The summed E-state index contributed by atoms with van der Waals surface area (Å²) in [4.78, 5) is 17.7. The maximum Gasteiger partial charge on any atom is 0.416 e. The molecule has 1 aliphatic rings. The van der Waals surface area contributed by atoms with Crippen molar-refractivity contribution in [2.45, 2.75) is 38.9 Å². The highest BCUT2D eigenvalue weighted by molar-refractivity contribution is 5.87. The van der Waals surface area contributed by atoms with Gasteiger partial charge in [0.05, 0.1) is 5.56 Å². The minimum atomic E-state index is -4.46. The van der Waals surface area contributed by atoms with Gasteiger partial charge in [-0.3, -0.25) is 4.79 Å². The van der Waals surface area contributed by atoms with E-state index < -0.39 is 17.7 Å². The van der Waals surface area contributed by atoms with E-state index in [4.69, 9.17) is 0 Å². The quantitative estimate of drug-likeness (QED) is 0.264. The zero-order valence-corrected chi connectivity index (χ0v) is 22.4. The number of alkyl halides is 3. The topological polar surface area (TPSA) is 28.5 Å². The van der Waals surface area contributed by atoms with Crippen LogP contribution in [0.15, 0.2) is 79.0 Å². The smallest absolute Gasteiger partial charge is 0.343 e. The number of fused-ring (bicyclic) bond motifs is 1. The summed E-state index contributed by atoms with van der Waals surface area (Å²) in [5.74, 6) is -0.531.